The average molecular weight is 324 g/mol. The predicted molar refractivity (Wildman–Crippen MR) is 87.6 cm³/mol. The molecule has 6 heteroatoms. The Balaban J connectivity index is 1.82. The van der Waals surface area contributed by atoms with Gasteiger partial charge in [0.05, 0.1) is 5.56 Å². The molecular formula is C18H16N2O4. The fourth-order valence-electron chi connectivity index (χ4n) is 2.63. The minimum absolute atomic E-state index is 0.220. The van der Waals surface area contributed by atoms with Gasteiger partial charge in [0, 0.05) is 34.3 Å². The zero-order valence-corrected chi connectivity index (χ0v) is 13.3. The lowest BCUT2D eigenvalue weighted by molar-refractivity contribution is -0.605. The number of H-pyrrole nitrogens is 1. The molecular weight excluding hydrogens is 308 g/mol. The van der Waals surface area contributed by atoms with Gasteiger partial charge in [-0.25, -0.2) is 4.79 Å². The molecule has 2 aromatic heterocycles. The molecule has 0 saturated carbocycles. The molecule has 24 heavy (non-hydrogen) atoms. The number of Topliss-reactive ketones (excluding diaryl/α,β-unsaturated/α-hetero) is 1. The molecule has 1 aromatic carbocycles. The smallest absolute Gasteiger partial charge is 0.339 e. The molecule has 1 N–H and O–H groups in total. The van der Waals surface area contributed by atoms with Gasteiger partial charge < -0.3 is 14.9 Å². The third kappa shape index (κ3) is 2.86. The number of aromatic nitrogens is 2. The summed E-state index contributed by atoms with van der Waals surface area (Å²) in [5.41, 5.74) is 2.34. The van der Waals surface area contributed by atoms with Gasteiger partial charge in [-0.15, -0.1) is 0 Å². The van der Waals surface area contributed by atoms with Gasteiger partial charge in [0.25, 0.3) is 0 Å². The van der Waals surface area contributed by atoms with Crippen LogP contribution in [0.15, 0.2) is 48.8 Å². The highest BCUT2D eigenvalue weighted by Crippen LogP contribution is 2.24. The first-order valence-corrected chi connectivity index (χ1v) is 7.48. The van der Waals surface area contributed by atoms with Gasteiger partial charge in [-0.3, -0.25) is 4.79 Å². The van der Waals surface area contributed by atoms with Gasteiger partial charge in [0.1, 0.15) is 0 Å². The van der Waals surface area contributed by atoms with Crippen molar-refractivity contribution in [2.24, 2.45) is 0 Å². The van der Waals surface area contributed by atoms with Gasteiger partial charge in [0.15, 0.2) is 18.5 Å². The molecule has 0 aliphatic carbocycles. The fourth-order valence-corrected chi connectivity index (χ4v) is 2.63. The molecule has 0 aliphatic heterocycles. The zero-order valence-electron chi connectivity index (χ0n) is 13.3. The largest absolute Gasteiger partial charge is 0.619 e. The van der Waals surface area contributed by atoms with E-state index in [9.17, 15) is 14.8 Å². The van der Waals surface area contributed by atoms with E-state index in [1.165, 1.54) is 31.5 Å². The number of benzene rings is 1. The van der Waals surface area contributed by atoms with E-state index in [-0.39, 0.29) is 11.3 Å². The molecule has 1 atom stereocenters. The number of esters is 1. The topological polar surface area (TPSA) is 86.1 Å². The van der Waals surface area contributed by atoms with Gasteiger partial charge in [-0.2, -0.15) is 4.73 Å². The minimum atomic E-state index is -0.935. The number of para-hydroxylation sites is 1. The molecule has 0 amide bonds. The molecule has 122 valence electrons. The number of nitrogens with zero attached hydrogens (tertiary/aromatic N) is 1. The summed E-state index contributed by atoms with van der Waals surface area (Å²) in [7, 11) is 0. The maximum Gasteiger partial charge on any atom is 0.339 e. The maximum absolute atomic E-state index is 12.7. The molecule has 3 rings (SSSR count). The van der Waals surface area contributed by atoms with E-state index in [1.54, 1.807) is 0 Å². The predicted octanol–water partition coefficient (Wildman–Crippen LogP) is 2.54. The van der Waals surface area contributed by atoms with Crippen LogP contribution in [0.3, 0.4) is 0 Å². The van der Waals surface area contributed by atoms with Crippen LogP contribution in [0.5, 0.6) is 0 Å². The summed E-state index contributed by atoms with van der Waals surface area (Å²) in [6, 6.07) is 10.2. The summed E-state index contributed by atoms with van der Waals surface area (Å²) in [6.07, 6.45) is 1.47. The molecule has 0 radical (unpaired) electrons. The molecule has 0 fully saturated rings. The number of aromatic amines is 1. The van der Waals surface area contributed by atoms with Crippen molar-refractivity contribution in [1.29, 1.82) is 0 Å². The van der Waals surface area contributed by atoms with Crippen LogP contribution in [0.25, 0.3) is 10.9 Å². The number of aryl methyl sites for hydroxylation is 1. The van der Waals surface area contributed by atoms with Crippen molar-refractivity contribution in [1.82, 2.24) is 4.98 Å². The van der Waals surface area contributed by atoms with Crippen molar-refractivity contribution in [3.8, 4) is 0 Å². The molecule has 6 nitrogen and oxygen atoms in total. The summed E-state index contributed by atoms with van der Waals surface area (Å²) < 4.78 is 5.82. The number of carbonyl (C=O) groups is 2. The Morgan fingerprint density at radius 2 is 1.83 bits per heavy atom. The summed E-state index contributed by atoms with van der Waals surface area (Å²) >= 11 is 0. The molecule has 3 aromatic rings. The van der Waals surface area contributed by atoms with Crippen molar-refractivity contribution in [3.63, 3.8) is 0 Å². The number of carbonyl (C=O) groups excluding carboxylic acids is 2. The van der Waals surface area contributed by atoms with Gasteiger partial charge in [0.2, 0.25) is 5.78 Å². The Kier molecular flexibility index (Phi) is 4.04. The monoisotopic (exact) mass is 324 g/mol. The second-order valence-corrected chi connectivity index (χ2v) is 5.53. The number of hydrogen-bond donors (Lipinski definition) is 1. The number of ketones is 1. The number of pyridine rings is 1. The maximum atomic E-state index is 12.7. The third-order valence-corrected chi connectivity index (χ3v) is 3.83. The number of hydrogen-bond acceptors (Lipinski definition) is 4. The van der Waals surface area contributed by atoms with E-state index in [1.807, 2.05) is 31.2 Å². The van der Waals surface area contributed by atoms with E-state index in [4.69, 9.17) is 4.74 Å². The van der Waals surface area contributed by atoms with E-state index in [2.05, 4.69) is 4.98 Å². The quantitative estimate of drug-likeness (QED) is 0.346. The van der Waals surface area contributed by atoms with Crippen LogP contribution < -0.4 is 4.73 Å². The number of ether oxygens (including phenoxy) is 1. The highest BCUT2D eigenvalue weighted by molar-refractivity contribution is 6.11. The SMILES string of the molecule is Cc1[nH]c2ccccc2c1C(=O)[C@@H](C)OC(=O)c1cc[n+]([O-])cc1. The first-order valence-electron chi connectivity index (χ1n) is 7.48. The van der Waals surface area contributed by atoms with Crippen molar-refractivity contribution in [2.75, 3.05) is 0 Å². The number of rotatable bonds is 4. The van der Waals surface area contributed by atoms with E-state index in [0.717, 1.165) is 16.6 Å². The Morgan fingerprint density at radius 3 is 2.54 bits per heavy atom. The Bertz CT molecular complexity index is 912. The van der Waals surface area contributed by atoms with Crippen molar-refractivity contribution in [3.05, 3.63) is 70.8 Å². The van der Waals surface area contributed by atoms with Crippen LogP contribution in [-0.2, 0) is 4.74 Å². The van der Waals surface area contributed by atoms with Gasteiger partial charge in [-0.1, -0.05) is 18.2 Å². The van der Waals surface area contributed by atoms with Crippen molar-refractivity contribution >= 4 is 22.7 Å². The van der Waals surface area contributed by atoms with Crippen molar-refractivity contribution < 1.29 is 19.1 Å². The highest BCUT2D eigenvalue weighted by atomic mass is 16.5. The van der Waals surface area contributed by atoms with E-state index >= 15 is 0 Å². The Labute approximate surface area is 138 Å². The summed E-state index contributed by atoms with van der Waals surface area (Å²) in [5, 5.41) is 11.8. The van der Waals surface area contributed by atoms with Gasteiger partial charge in [-0.05, 0) is 19.9 Å². The average Bonchev–Trinajstić information content (AvgIpc) is 2.90. The second-order valence-electron chi connectivity index (χ2n) is 5.53. The molecule has 0 bridgehead atoms. The normalized spacial score (nSPS) is 12.1. The molecule has 0 aliphatic rings. The Morgan fingerprint density at radius 1 is 1.17 bits per heavy atom. The summed E-state index contributed by atoms with van der Waals surface area (Å²) in [5.74, 6) is -0.915. The first kappa shape index (κ1) is 15.7. The van der Waals surface area contributed by atoms with Crippen LogP contribution in [0.4, 0.5) is 0 Å². The lowest BCUT2D eigenvalue weighted by Crippen LogP contribution is -2.27. The van der Waals surface area contributed by atoms with Crippen LogP contribution in [0, 0.1) is 12.1 Å². The van der Waals surface area contributed by atoms with E-state index in [0.29, 0.717) is 10.3 Å². The molecule has 0 spiro atoms. The second kappa shape index (κ2) is 6.16. The standard InChI is InChI=1S/C18H16N2O4/c1-11-16(14-5-3-4-6-15(14)19-11)17(21)12(2)24-18(22)13-7-9-20(23)10-8-13/h3-10,12,19H,1-2H3/t12-/m1/s1. The first-order chi connectivity index (χ1) is 11.5. The lowest BCUT2D eigenvalue weighted by Gasteiger charge is -2.12. The summed E-state index contributed by atoms with van der Waals surface area (Å²) in [4.78, 5) is 28.0. The molecule has 0 saturated heterocycles. The van der Waals surface area contributed by atoms with Crippen LogP contribution >= 0.6 is 0 Å². The number of fused-ring (bicyclic) bond motifs is 1. The van der Waals surface area contributed by atoms with Crippen LogP contribution in [0.1, 0.15) is 33.3 Å². The lowest BCUT2D eigenvalue weighted by atomic mass is 10.0. The van der Waals surface area contributed by atoms with Crippen molar-refractivity contribution in [2.45, 2.75) is 20.0 Å². The van der Waals surface area contributed by atoms with Crippen LogP contribution in [0.2, 0.25) is 0 Å². The van der Waals surface area contributed by atoms with E-state index < -0.39 is 12.1 Å². The van der Waals surface area contributed by atoms with Gasteiger partial charge >= 0.3 is 5.97 Å². The third-order valence-electron chi connectivity index (χ3n) is 3.83. The number of nitrogens with one attached hydrogen (secondary N) is 1. The fraction of sp³-hybridized carbons (Fsp3) is 0.167. The van der Waals surface area contributed by atoms with Crippen LogP contribution in [-0.4, -0.2) is 22.8 Å². The minimum Gasteiger partial charge on any atom is -0.619 e. The zero-order chi connectivity index (χ0) is 17.3. The highest BCUT2D eigenvalue weighted by Gasteiger charge is 2.25. The Hall–Kier alpha value is -3.15. The summed E-state index contributed by atoms with van der Waals surface area (Å²) in [6.45, 7) is 3.35. The molecule has 2 heterocycles. The molecule has 0 unspecified atom stereocenters.